The van der Waals surface area contributed by atoms with E-state index in [1.54, 1.807) is 0 Å². The number of benzene rings is 3. The summed E-state index contributed by atoms with van der Waals surface area (Å²) in [6.07, 6.45) is 45.3. The zero-order valence-corrected chi connectivity index (χ0v) is 35.4. The predicted molar refractivity (Wildman–Crippen MR) is 249 cm³/mol. The van der Waals surface area contributed by atoms with Crippen molar-refractivity contribution >= 4 is 67.9 Å². The first kappa shape index (κ1) is 36.4. The van der Waals surface area contributed by atoms with E-state index in [1.807, 2.05) is 0 Å². The van der Waals surface area contributed by atoms with Crippen LogP contribution in [-0.4, -0.2) is 0 Å². The van der Waals surface area contributed by atoms with Crippen LogP contribution in [0.2, 0.25) is 0 Å². The van der Waals surface area contributed by atoms with Crippen LogP contribution in [0, 0.1) is 0 Å². The average Bonchev–Trinajstić information content (AvgIpc) is 3.66. The van der Waals surface area contributed by atoms with Crippen molar-refractivity contribution in [2.75, 3.05) is 0 Å². The first-order chi connectivity index (χ1) is 27.2. The van der Waals surface area contributed by atoms with Crippen molar-refractivity contribution in [2.24, 2.45) is 0 Å². The molecule has 0 fully saturated rings. The number of allylic oxidation sites excluding steroid dienone is 20. The lowest BCUT2D eigenvalue weighted by atomic mass is 9.79. The molecule has 5 aliphatic carbocycles. The fourth-order valence-electron chi connectivity index (χ4n) is 8.97. The second kappa shape index (κ2) is 16.5. The minimum absolute atomic E-state index is 0.514. The molecule has 0 saturated heterocycles. The summed E-state index contributed by atoms with van der Waals surface area (Å²) in [5, 5.41) is 2.99. The van der Waals surface area contributed by atoms with E-state index in [9.17, 15) is 0 Å². The molecule has 272 valence electrons. The van der Waals surface area contributed by atoms with Crippen LogP contribution in [0.25, 0.3) is 61.0 Å². The van der Waals surface area contributed by atoms with Crippen LogP contribution in [0.15, 0.2) is 155 Å². The summed E-state index contributed by atoms with van der Waals surface area (Å²) < 4.78 is 2.40. The van der Waals surface area contributed by atoms with Gasteiger partial charge in [-0.25, -0.2) is 0 Å². The van der Waals surface area contributed by atoms with E-state index in [0.717, 1.165) is 64.2 Å². The average molecular weight is 861 g/mol. The Kier molecular flexibility index (Phi) is 10.9. The van der Waals surface area contributed by atoms with Crippen molar-refractivity contribution in [1.29, 1.82) is 0 Å². The van der Waals surface area contributed by atoms with Gasteiger partial charge in [0.15, 0.2) is 0 Å². The van der Waals surface area contributed by atoms with Crippen LogP contribution in [0.1, 0.15) is 91.8 Å². The summed E-state index contributed by atoms with van der Waals surface area (Å²) in [4.78, 5) is 0. The van der Waals surface area contributed by atoms with Gasteiger partial charge in [0.05, 0.1) is 0 Å². The molecule has 1 atom stereocenters. The summed E-state index contributed by atoms with van der Waals surface area (Å²) in [6, 6.07) is 20.5. The fourth-order valence-corrected chi connectivity index (χ4v) is 12.8. The van der Waals surface area contributed by atoms with Crippen LogP contribution in [0.3, 0.4) is 0 Å². The highest BCUT2D eigenvalue weighted by Gasteiger charge is 2.33. The minimum atomic E-state index is 0.514. The molecule has 9 rings (SSSR count). The first-order valence-corrected chi connectivity index (χ1v) is 22.5. The second-order valence-corrected chi connectivity index (χ2v) is 17.8. The van der Waals surface area contributed by atoms with Gasteiger partial charge in [-0.2, -0.15) is 0 Å². The van der Waals surface area contributed by atoms with E-state index in [0.29, 0.717) is 8.19 Å². The van der Waals surface area contributed by atoms with Crippen molar-refractivity contribution in [3.8, 4) is 33.1 Å². The Labute approximate surface area is 345 Å². The highest BCUT2D eigenvalue weighted by atomic mass is 79.9. The Morgan fingerprint density at radius 1 is 0.364 bits per heavy atom. The monoisotopic (exact) mass is 858 g/mol. The molecule has 4 aromatic rings. The van der Waals surface area contributed by atoms with Gasteiger partial charge in [0.1, 0.15) is 0 Å². The van der Waals surface area contributed by atoms with Gasteiger partial charge in [-0.05, 0) is 146 Å². The molecular weight excluding hydrogens is 815 g/mol. The largest absolute Gasteiger partial charge is 0.122 e. The van der Waals surface area contributed by atoms with Crippen molar-refractivity contribution in [1.82, 2.24) is 0 Å². The van der Waals surface area contributed by atoms with E-state index in [2.05, 4.69) is 178 Å². The van der Waals surface area contributed by atoms with Gasteiger partial charge in [0, 0.05) is 47.4 Å². The molecule has 0 aliphatic heterocycles. The van der Waals surface area contributed by atoms with Gasteiger partial charge in [0.2, 0.25) is 0 Å². The molecule has 0 amide bonds. The van der Waals surface area contributed by atoms with Crippen LogP contribution in [0.5, 0.6) is 0 Å². The second-order valence-electron chi connectivity index (χ2n) is 15.0. The van der Waals surface area contributed by atoms with Crippen LogP contribution in [0.4, 0.5) is 0 Å². The molecule has 1 unspecified atom stereocenters. The Morgan fingerprint density at radius 3 is 1.36 bits per heavy atom. The normalized spacial score (nSPS) is 18.0. The molecular formula is C52H45Br2P. The lowest BCUT2D eigenvalue weighted by Gasteiger charge is -2.28. The zero-order chi connectivity index (χ0) is 37.1. The molecule has 0 spiro atoms. The van der Waals surface area contributed by atoms with Gasteiger partial charge in [-0.1, -0.05) is 146 Å². The molecule has 0 radical (unpaired) electrons. The SMILES string of the molecule is Brc1c(C2=CC=CCC2)c(Br)c(-c2ccccc2C2=CC=CCC2)c(-c2[pH]c(C3=CC=CCC3)c(-c3ccccc3)c2C2=CC=CCC2)c1C1=CC=CCC1. The van der Waals surface area contributed by atoms with Crippen LogP contribution in [-0.2, 0) is 0 Å². The van der Waals surface area contributed by atoms with Gasteiger partial charge in [-0.3, -0.25) is 0 Å². The summed E-state index contributed by atoms with van der Waals surface area (Å²) in [5.74, 6) is 0. The number of halogens is 2. The zero-order valence-electron chi connectivity index (χ0n) is 31.2. The molecule has 3 aromatic carbocycles. The molecule has 0 nitrogen and oxygen atoms in total. The summed E-state index contributed by atoms with van der Waals surface area (Å²) in [7, 11) is 0.514. The molecule has 1 heterocycles. The maximum atomic E-state index is 4.45. The van der Waals surface area contributed by atoms with E-state index < -0.39 is 0 Å². The molecule has 55 heavy (non-hydrogen) atoms. The standard InChI is InChI=1S/C52H45Br2P/c53-49-43(36-23-9-2-10-24-36)48(47(50(54)46(49)39-29-15-5-16-30-39)42-34-20-19-33-41(42)35-21-7-1-8-22-35)52-45(38-27-13-4-14-28-38)44(37-25-11-3-12-26-37)51(55-52)40-31-17-6-18-32-40/h1-7,9,11-13,15,17,19-21,23,25-27,29,31,33-34,55H,8,10,14,16,18,22,24,28,30,32H2. The Balaban J connectivity index is 1.48. The van der Waals surface area contributed by atoms with Crippen LogP contribution >= 0.6 is 40.1 Å². The topological polar surface area (TPSA) is 0 Å². The summed E-state index contributed by atoms with van der Waals surface area (Å²) in [6.45, 7) is 0. The first-order valence-electron chi connectivity index (χ1n) is 20.0. The van der Waals surface area contributed by atoms with E-state index >= 15 is 0 Å². The third kappa shape index (κ3) is 7.08. The summed E-state index contributed by atoms with van der Waals surface area (Å²) in [5.41, 5.74) is 19.3. The van der Waals surface area contributed by atoms with Gasteiger partial charge in [0.25, 0.3) is 0 Å². The molecule has 0 N–H and O–H groups in total. The molecule has 3 heteroatoms. The number of hydrogen-bond acceptors (Lipinski definition) is 0. The van der Waals surface area contributed by atoms with Crippen LogP contribution < -0.4 is 0 Å². The van der Waals surface area contributed by atoms with E-state index in [1.165, 1.54) is 97.5 Å². The Morgan fingerprint density at radius 2 is 0.818 bits per heavy atom. The van der Waals surface area contributed by atoms with Gasteiger partial charge in [-0.15, -0.1) is 8.19 Å². The maximum absolute atomic E-state index is 4.45. The minimum Gasteiger partial charge on any atom is -0.122 e. The van der Waals surface area contributed by atoms with Crippen molar-refractivity contribution < 1.29 is 0 Å². The van der Waals surface area contributed by atoms with E-state index in [4.69, 9.17) is 0 Å². The molecule has 1 aromatic heterocycles. The lowest BCUT2D eigenvalue weighted by molar-refractivity contribution is 1.04. The number of hydrogen-bond donors (Lipinski definition) is 0. The highest BCUT2D eigenvalue weighted by Crippen LogP contribution is 2.60. The highest BCUT2D eigenvalue weighted by molar-refractivity contribution is 9.11. The lowest BCUT2D eigenvalue weighted by Crippen LogP contribution is -2.05. The Hall–Kier alpha value is -4.20. The molecule has 5 aliphatic rings. The van der Waals surface area contributed by atoms with E-state index in [-0.39, 0.29) is 0 Å². The van der Waals surface area contributed by atoms with Crippen molar-refractivity contribution in [2.45, 2.75) is 64.2 Å². The molecule has 0 bridgehead atoms. The molecule has 0 saturated carbocycles. The fraction of sp³-hybridized carbons (Fsp3) is 0.192. The van der Waals surface area contributed by atoms with Gasteiger partial charge < -0.3 is 0 Å². The van der Waals surface area contributed by atoms with Crippen molar-refractivity contribution in [3.63, 3.8) is 0 Å². The quantitative estimate of drug-likeness (QED) is 0.166. The number of rotatable bonds is 8. The third-order valence-electron chi connectivity index (χ3n) is 11.6. The Bertz CT molecular complexity index is 2480. The summed E-state index contributed by atoms with van der Waals surface area (Å²) >= 11 is 8.86. The smallest absolute Gasteiger partial charge is 0.0347 e. The predicted octanol–water partition coefficient (Wildman–Crippen LogP) is 16.9. The third-order valence-corrected chi connectivity index (χ3v) is 14.7. The van der Waals surface area contributed by atoms with Crippen molar-refractivity contribution in [3.05, 3.63) is 182 Å². The maximum Gasteiger partial charge on any atom is 0.0347 e. The van der Waals surface area contributed by atoms with Gasteiger partial charge >= 0.3 is 0 Å².